The van der Waals surface area contributed by atoms with Gasteiger partial charge in [0.2, 0.25) is 0 Å². The van der Waals surface area contributed by atoms with Crippen molar-refractivity contribution in [2.24, 2.45) is 0 Å². The third kappa shape index (κ3) is 2.63. The van der Waals surface area contributed by atoms with E-state index in [1.54, 1.807) is 0 Å². The minimum Gasteiger partial charge on any atom is -0.468 e. The lowest BCUT2D eigenvalue weighted by molar-refractivity contribution is -0.137. The maximum atomic E-state index is 11.5. The molecule has 0 saturated heterocycles. The summed E-state index contributed by atoms with van der Waals surface area (Å²) in [6.07, 6.45) is 7.18. The van der Waals surface area contributed by atoms with Gasteiger partial charge in [-0.05, 0) is 44.1 Å². The molecule has 1 fully saturated rings. The summed E-state index contributed by atoms with van der Waals surface area (Å²) in [4.78, 5) is 23.7. The lowest BCUT2D eigenvalue weighted by Gasteiger charge is -2.11. The Kier molecular flexibility index (Phi) is 3.82. The molecule has 1 saturated carbocycles. The monoisotopic (exact) mass is 334 g/mol. The molecule has 0 spiro atoms. The van der Waals surface area contributed by atoms with Crippen LogP contribution >= 0.6 is 23.1 Å². The van der Waals surface area contributed by atoms with Gasteiger partial charge in [-0.15, -0.1) is 11.3 Å². The molecular formula is C16H18N2O2S2. The molecule has 0 bridgehead atoms. The van der Waals surface area contributed by atoms with Gasteiger partial charge in [0.05, 0.1) is 12.9 Å². The van der Waals surface area contributed by atoms with Crippen molar-refractivity contribution in [1.29, 1.82) is 0 Å². The smallest absolute Gasteiger partial charge is 0.316 e. The molecule has 0 aliphatic heterocycles. The van der Waals surface area contributed by atoms with Crippen molar-refractivity contribution < 1.29 is 9.53 Å². The van der Waals surface area contributed by atoms with E-state index in [0.717, 1.165) is 28.5 Å². The van der Waals surface area contributed by atoms with Gasteiger partial charge in [0, 0.05) is 16.2 Å². The summed E-state index contributed by atoms with van der Waals surface area (Å²) >= 11 is 3.33. The zero-order valence-electron chi connectivity index (χ0n) is 12.6. The number of ether oxygens (including phenoxy) is 1. The summed E-state index contributed by atoms with van der Waals surface area (Å²) < 4.78 is 4.77. The van der Waals surface area contributed by atoms with Gasteiger partial charge in [0.1, 0.15) is 15.7 Å². The first kappa shape index (κ1) is 14.5. The van der Waals surface area contributed by atoms with E-state index in [9.17, 15) is 4.79 Å². The van der Waals surface area contributed by atoms with Crippen LogP contribution in [0.1, 0.15) is 47.9 Å². The number of methoxy groups -OCH3 is 1. The number of nitrogens with zero attached hydrogens (tertiary/aromatic N) is 2. The van der Waals surface area contributed by atoms with E-state index in [1.807, 2.05) is 11.3 Å². The predicted octanol–water partition coefficient (Wildman–Crippen LogP) is 3.71. The highest BCUT2D eigenvalue weighted by atomic mass is 32.2. The minimum absolute atomic E-state index is 0.200. The number of thiophene rings is 1. The largest absolute Gasteiger partial charge is 0.468 e. The molecule has 22 heavy (non-hydrogen) atoms. The van der Waals surface area contributed by atoms with Crippen LogP contribution in [-0.2, 0) is 22.4 Å². The first-order valence-electron chi connectivity index (χ1n) is 7.78. The molecular weight excluding hydrogens is 316 g/mol. The Hall–Kier alpha value is -1.14. The number of rotatable bonds is 4. The SMILES string of the molecule is COC(=O)CSc1nc(C2CC2)nc2sc3c(c12)CCCC3. The van der Waals surface area contributed by atoms with E-state index in [1.165, 1.54) is 60.4 Å². The Labute approximate surface area is 137 Å². The predicted molar refractivity (Wildman–Crippen MR) is 88.8 cm³/mol. The quantitative estimate of drug-likeness (QED) is 0.485. The highest BCUT2D eigenvalue weighted by molar-refractivity contribution is 8.00. The number of carbonyl (C=O) groups is 1. The number of esters is 1. The second kappa shape index (κ2) is 5.81. The Morgan fingerprint density at radius 3 is 2.91 bits per heavy atom. The van der Waals surface area contributed by atoms with Crippen LogP contribution in [0.3, 0.4) is 0 Å². The van der Waals surface area contributed by atoms with E-state index < -0.39 is 0 Å². The van der Waals surface area contributed by atoms with Crippen molar-refractivity contribution in [1.82, 2.24) is 9.97 Å². The molecule has 0 radical (unpaired) electrons. The van der Waals surface area contributed by atoms with Gasteiger partial charge in [0.25, 0.3) is 0 Å². The first-order chi connectivity index (χ1) is 10.8. The van der Waals surface area contributed by atoms with Crippen LogP contribution in [0, 0.1) is 0 Å². The number of hydrogen-bond acceptors (Lipinski definition) is 6. The fourth-order valence-corrected chi connectivity index (χ4v) is 5.18. The van der Waals surface area contributed by atoms with Crippen LogP contribution in [0.2, 0.25) is 0 Å². The maximum absolute atomic E-state index is 11.5. The average molecular weight is 334 g/mol. The molecule has 116 valence electrons. The van der Waals surface area contributed by atoms with Gasteiger partial charge in [0.15, 0.2) is 0 Å². The molecule has 2 aliphatic rings. The van der Waals surface area contributed by atoms with Crippen molar-refractivity contribution in [2.45, 2.75) is 49.5 Å². The maximum Gasteiger partial charge on any atom is 0.316 e. The topological polar surface area (TPSA) is 52.1 Å². The zero-order chi connectivity index (χ0) is 15.1. The van der Waals surface area contributed by atoms with Crippen molar-refractivity contribution in [3.05, 3.63) is 16.3 Å². The number of aryl methyl sites for hydroxylation is 2. The third-order valence-corrected chi connectivity index (χ3v) is 6.43. The van der Waals surface area contributed by atoms with Gasteiger partial charge < -0.3 is 4.74 Å². The van der Waals surface area contributed by atoms with Gasteiger partial charge in [-0.2, -0.15) is 0 Å². The summed E-state index contributed by atoms with van der Waals surface area (Å²) in [7, 11) is 1.43. The number of thioether (sulfide) groups is 1. The molecule has 0 atom stereocenters. The summed E-state index contributed by atoms with van der Waals surface area (Å²) in [6, 6.07) is 0. The number of carbonyl (C=O) groups excluding carboxylic acids is 1. The van der Waals surface area contributed by atoms with Gasteiger partial charge in [-0.3, -0.25) is 4.79 Å². The van der Waals surface area contributed by atoms with Gasteiger partial charge in [-0.25, -0.2) is 9.97 Å². The van der Waals surface area contributed by atoms with Crippen molar-refractivity contribution in [2.75, 3.05) is 12.9 Å². The standard InChI is InChI=1S/C16H18N2O2S2/c1-20-12(19)8-21-15-13-10-4-2-3-5-11(10)22-16(13)18-14(17-15)9-6-7-9/h9H,2-8H2,1H3. The number of hydrogen-bond donors (Lipinski definition) is 0. The van der Waals surface area contributed by atoms with Crippen LogP contribution in [-0.4, -0.2) is 28.8 Å². The van der Waals surface area contributed by atoms with E-state index >= 15 is 0 Å². The first-order valence-corrected chi connectivity index (χ1v) is 9.58. The molecule has 0 N–H and O–H groups in total. The number of fused-ring (bicyclic) bond motifs is 3. The van der Waals surface area contributed by atoms with Crippen LogP contribution < -0.4 is 0 Å². The van der Waals surface area contributed by atoms with Gasteiger partial charge in [-0.1, -0.05) is 11.8 Å². The molecule has 4 rings (SSSR count). The molecule has 6 heteroatoms. The Balaban J connectivity index is 1.79. The highest BCUT2D eigenvalue weighted by Gasteiger charge is 2.29. The average Bonchev–Trinajstić information content (AvgIpc) is 3.32. The minimum atomic E-state index is -0.200. The van der Waals surface area contributed by atoms with Crippen molar-refractivity contribution in [3.63, 3.8) is 0 Å². The fourth-order valence-electron chi connectivity index (χ4n) is 2.95. The third-order valence-electron chi connectivity index (χ3n) is 4.30. The molecule has 0 aromatic carbocycles. The van der Waals surface area contributed by atoms with E-state index in [-0.39, 0.29) is 5.97 Å². The lowest BCUT2D eigenvalue weighted by Crippen LogP contribution is -2.05. The summed E-state index contributed by atoms with van der Waals surface area (Å²) in [5.41, 5.74) is 1.43. The molecule has 2 aromatic rings. The van der Waals surface area contributed by atoms with Crippen molar-refractivity contribution >= 4 is 39.3 Å². The molecule has 2 aliphatic carbocycles. The van der Waals surface area contributed by atoms with Crippen LogP contribution in [0.15, 0.2) is 5.03 Å². The normalized spacial score (nSPS) is 17.5. The Morgan fingerprint density at radius 2 is 2.14 bits per heavy atom. The molecule has 2 heterocycles. The Morgan fingerprint density at radius 1 is 1.32 bits per heavy atom. The molecule has 4 nitrogen and oxygen atoms in total. The van der Waals surface area contributed by atoms with Gasteiger partial charge >= 0.3 is 5.97 Å². The summed E-state index contributed by atoms with van der Waals surface area (Å²) in [6.45, 7) is 0. The second-order valence-corrected chi connectivity index (χ2v) is 7.96. The zero-order valence-corrected chi connectivity index (χ0v) is 14.2. The van der Waals surface area contributed by atoms with E-state index in [0.29, 0.717) is 11.7 Å². The fraction of sp³-hybridized carbons (Fsp3) is 0.562. The van der Waals surface area contributed by atoms with Crippen molar-refractivity contribution in [3.8, 4) is 0 Å². The molecule has 0 unspecified atom stereocenters. The molecule has 2 aromatic heterocycles. The van der Waals surface area contributed by atoms with Crippen LogP contribution in [0.25, 0.3) is 10.2 Å². The second-order valence-electron chi connectivity index (χ2n) is 5.92. The van der Waals surface area contributed by atoms with E-state index in [2.05, 4.69) is 0 Å². The Bertz CT molecular complexity index is 737. The number of aromatic nitrogens is 2. The summed E-state index contributed by atoms with van der Waals surface area (Å²) in [5, 5.41) is 2.19. The van der Waals surface area contributed by atoms with Crippen LogP contribution in [0.4, 0.5) is 0 Å². The molecule has 0 amide bonds. The van der Waals surface area contributed by atoms with E-state index in [4.69, 9.17) is 14.7 Å². The lowest BCUT2D eigenvalue weighted by atomic mass is 9.97. The summed E-state index contributed by atoms with van der Waals surface area (Å²) in [5.74, 6) is 1.62. The van der Waals surface area contributed by atoms with Crippen LogP contribution in [0.5, 0.6) is 0 Å². The highest BCUT2D eigenvalue weighted by Crippen LogP contribution is 2.43.